The average Bonchev–Trinajstić information content (AvgIpc) is 3.41. The smallest absolute Gasteiger partial charge is 0.160 e. The fraction of sp³-hybridized carbons (Fsp3) is 0.0638. The lowest BCUT2D eigenvalue weighted by molar-refractivity contribution is 0.487. The van der Waals surface area contributed by atoms with Crippen LogP contribution in [0, 0.1) is 0 Å². The number of hydrogen-bond donors (Lipinski definition) is 0. The summed E-state index contributed by atoms with van der Waals surface area (Å²) in [6.45, 7) is 4.64. The van der Waals surface area contributed by atoms with E-state index in [9.17, 15) is 0 Å². The van der Waals surface area contributed by atoms with Crippen molar-refractivity contribution in [3.63, 3.8) is 0 Å². The lowest BCUT2D eigenvalue weighted by atomic mass is 9.82. The highest BCUT2D eigenvalue weighted by atomic mass is 16.5. The Morgan fingerprint density at radius 1 is 0.440 bits per heavy atom. The number of hydrogen-bond acceptors (Lipinski definition) is 3. The van der Waals surface area contributed by atoms with Gasteiger partial charge in [-0.25, -0.2) is 9.97 Å². The van der Waals surface area contributed by atoms with E-state index in [2.05, 4.69) is 147 Å². The number of rotatable bonds is 4. The highest BCUT2D eigenvalue weighted by Gasteiger charge is 2.36. The molecule has 2 heterocycles. The van der Waals surface area contributed by atoms with Crippen LogP contribution in [0.5, 0.6) is 11.5 Å². The molecule has 0 N–H and O–H groups in total. The Morgan fingerprint density at radius 3 is 1.96 bits per heavy atom. The van der Waals surface area contributed by atoms with E-state index in [0.717, 1.165) is 62.1 Å². The van der Waals surface area contributed by atoms with Crippen molar-refractivity contribution in [2.24, 2.45) is 0 Å². The molecule has 50 heavy (non-hydrogen) atoms. The van der Waals surface area contributed by atoms with Crippen molar-refractivity contribution >= 4 is 10.8 Å². The molecule has 2 aliphatic rings. The maximum absolute atomic E-state index is 6.36. The van der Waals surface area contributed by atoms with Crippen LogP contribution < -0.4 is 4.74 Å². The van der Waals surface area contributed by atoms with Gasteiger partial charge in [0.1, 0.15) is 11.5 Å². The van der Waals surface area contributed by atoms with Crippen molar-refractivity contribution in [3.8, 4) is 78.8 Å². The van der Waals surface area contributed by atoms with Gasteiger partial charge in [0.05, 0.1) is 11.4 Å². The Hall–Kier alpha value is -6.32. The quantitative estimate of drug-likeness (QED) is 0.192. The third kappa shape index (κ3) is 4.37. The van der Waals surface area contributed by atoms with Crippen molar-refractivity contribution < 1.29 is 4.74 Å². The lowest BCUT2D eigenvalue weighted by Crippen LogP contribution is -2.14. The summed E-state index contributed by atoms with van der Waals surface area (Å²) in [6.07, 6.45) is 0. The summed E-state index contributed by atoms with van der Waals surface area (Å²) in [5.41, 5.74) is 14.7. The third-order valence-electron chi connectivity index (χ3n) is 10.5. The molecule has 0 atom stereocenters. The molecular weight excluding hydrogens is 609 g/mol. The molecule has 7 aromatic carbocycles. The number of aromatic nitrogens is 2. The zero-order chi connectivity index (χ0) is 33.4. The molecular formula is C47H32N2O. The van der Waals surface area contributed by atoms with Gasteiger partial charge >= 0.3 is 0 Å². The van der Waals surface area contributed by atoms with Gasteiger partial charge in [0.25, 0.3) is 0 Å². The van der Waals surface area contributed by atoms with Crippen LogP contribution >= 0.6 is 0 Å². The standard InChI is InChI=1S/C47H32N2O/c1-47(2)38-18-7-6-15-35(38)45-36(17-10-19-39(45)47)41-28-40(48-46(49-41)32-11-4-3-5-12-32)30-23-21-29(22-24-30)33-25-26-42-37(27-33)34-16-8-13-31-14-9-20-43(50-42)44(31)34/h3-28H,1-2H3. The molecule has 1 aliphatic heterocycles. The Balaban J connectivity index is 1.08. The molecule has 3 heteroatoms. The average molecular weight is 641 g/mol. The van der Waals surface area contributed by atoms with Gasteiger partial charge in [0, 0.05) is 33.1 Å². The minimum Gasteiger partial charge on any atom is -0.456 e. The van der Waals surface area contributed by atoms with E-state index in [1.165, 1.54) is 38.6 Å². The highest BCUT2D eigenvalue weighted by molar-refractivity contribution is 6.04. The van der Waals surface area contributed by atoms with Gasteiger partial charge in [0.15, 0.2) is 5.82 Å². The minimum atomic E-state index is -0.0887. The van der Waals surface area contributed by atoms with Crippen LogP contribution in [-0.2, 0) is 5.41 Å². The van der Waals surface area contributed by atoms with Crippen molar-refractivity contribution in [2.45, 2.75) is 19.3 Å². The molecule has 0 radical (unpaired) electrons. The van der Waals surface area contributed by atoms with Crippen LogP contribution in [0.4, 0.5) is 0 Å². The van der Waals surface area contributed by atoms with Crippen molar-refractivity contribution in [2.75, 3.05) is 0 Å². The predicted molar refractivity (Wildman–Crippen MR) is 204 cm³/mol. The maximum atomic E-state index is 6.36. The first-order chi connectivity index (χ1) is 24.5. The number of nitrogens with zero attached hydrogens (tertiary/aromatic N) is 2. The van der Waals surface area contributed by atoms with E-state index in [0.29, 0.717) is 0 Å². The Bertz CT molecular complexity index is 2630. The SMILES string of the molecule is CC1(C)c2ccccc2-c2c(-c3cc(-c4ccc(-c5ccc6c(c5)-c5cccc7cccc(c57)O6)cc4)nc(-c4ccccc4)n3)cccc21. The van der Waals surface area contributed by atoms with E-state index in [1.54, 1.807) is 0 Å². The van der Waals surface area contributed by atoms with Crippen molar-refractivity contribution in [3.05, 3.63) is 169 Å². The minimum absolute atomic E-state index is 0.0887. The van der Waals surface area contributed by atoms with Gasteiger partial charge in [-0.15, -0.1) is 0 Å². The van der Waals surface area contributed by atoms with Gasteiger partial charge in [-0.3, -0.25) is 0 Å². The largest absolute Gasteiger partial charge is 0.456 e. The van der Waals surface area contributed by atoms with Gasteiger partial charge in [0.2, 0.25) is 0 Å². The Kier molecular flexibility index (Phi) is 6.22. The summed E-state index contributed by atoms with van der Waals surface area (Å²) in [7, 11) is 0. The molecule has 10 rings (SSSR count). The van der Waals surface area contributed by atoms with Crippen LogP contribution in [0.3, 0.4) is 0 Å². The summed E-state index contributed by atoms with van der Waals surface area (Å²) in [5.74, 6) is 2.52. The molecule has 0 amide bonds. The third-order valence-corrected chi connectivity index (χ3v) is 10.5. The van der Waals surface area contributed by atoms with Crippen molar-refractivity contribution in [1.29, 1.82) is 0 Å². The van der Waals surface area contributed by atoms with Crippen LogP contribution in [0.25, 0.3) is 78.1 Å². The van der Waals surface area contributed by atoms with E-state index >= 15 is 0 Å². The summed E-state index contributed by atoms with van der Waals surface area (Å²) in [5, 5.41) is 2.35. The predicted octanol–water partition coefficient (Wildman–Crippen LogP) is 12.4. The topological polar surface area (TPSA) is 35.0 Å². The van der Waals surface area contributed by atoms with Crippen LogP contribution in [0.2, 0.25) is 0 Å². The number of fused-ring (bicyclic) bond motifs is 5. The first kappa shape index (κ1) is 28.7. The molecule has 0 fully saturated rings. The van der Waals surface area contributed by atoms with Crippen LogP contribution in [0.1, 0.15) is 25.0 Å². The van der Waals surface area contributed by atoms with Gasteiger partial charge < -0.3 is 4.74 Å². The first-order valence-corrected chi connectivity index (χ1v) is 17.2. The second-order valence-corrected chi connectivity index (χ2v) is 13.8. The zero-order valence-electron chi connectivity index (χ0n) is 27.8. The van der Waals surface area contributed by atoms with E-state index in [1.807, 2.05) is 24.3 Å². The first-order valence-electron chi connectivity index (χ1n) is 17.2. The maximum Gasteiger partial charge on any atom is 0.160 e. The molecule has 236 valence electrons. The molecule has 1 aliphatic carbocycles. The molecule has 1 aromatic heterocycles. The summed E-state index contributed by atoms with van der Waals surface area (Å²) >= 11 is 0. The van der Waals surface area contributed by atoms with Gasteiger partial charge in [-0.05, 0) is 68.6 Å². The molecule has 0 saturated heterocycles. The highest BCUT2D eigenvalue weighted by Crippen LogP contribution is 2.52. The lowest BCUT2D eigenvalue weighted by Gasteiger charge is -2.22. The molecule has 3 nitrogen and oxygen atoms in total. The van der Waals surface area contributed by atoms with E-state index < -0.39 is 0 Å². The van der Waals surface area contributed by atoms with Gasteiger partial charge in [-0.2, -0.15) is 0 Å². The van der Waals surface area contributed by atoms with Gasteiger partial charge in [-0.1, -0.05) is 147 Å². The Morgan fingerprint density at radius 2 is 1.10 bits per heavy atom. The monoisotopic (exact) mass is 640 g/mol. The second kappa shape index (κ2) is 10.8. The molecule has 0 spiro atoms. The molecule has 0 saturated carbocycles. The second-order valence-electron chi connectivity index (χ2n) is 13.8. The number of benzene rings is 7. The van der Waals surface area contributed by atoms with Crippen LogP contribution in [0.15, 0.2) is 158 Å². The molecule has 0 bridgehead atoms. The van der Waals surface area contributed by atoms with Crippen molar-refractivity contribution in [1.82, 2.24) is 9.97 Å². The fourth-order valence-electron chi connectivity index (χ4n) is 7.99. The normalized spacial score (nSPS) is 13.3. The summed E-state index contributed by atoms with van der Waals surface area (Å²) < 4.78 is 6.36. The zero-order valence-corrected chi connectivity index (χ0v) is 27.8. The summed E-state index contributed by atoms with van der Waals surface area (Å²) in [6, 6.07) is 55.8. The van der Waals surface area contributed by atoms with E-state index in [4.69, 9.17) is 14.7 Å². The molecule has 8 aromatic rings. The van der Waals surface area contributed by atoms with Crippen LogP contribution in [-0.4, -0.2) is 9.97 Å². The Labute approximate surface area is 291 Å². The number of ether oxygens (including phenoxy) is 1. The molecule has 0 unspecified atom stereocenters. The van der Waals surface area contributed by atoms with E-state index in [-0.39, 0.29) is 5.41 Å². The summed E-state index contributed by atoms with van der Waals surface area (Å²) in [4.78, 5) is 10.4. The fourth-order valence-corrected chi connectivity index (χ4v) is 7.99.